The Bertz CT molecular complexity index is 787. The summed E-state index contributed by atoms with van der Waals surface area (Å²) in [5, 5.41) is 9.32. The molecule has 0 fully saturated rings. The summed E-state index contributed by atoms with van der Waals surface area (Å²) in [6.07, 6.45) is -0.474. The Morgan fingerprint density at radius 1 is 0.909 bits per heavy atom. The van der Waals surface area contributed by atoms with Crippen LogP contribution >= 0.6 is 0 Å². The van der Waals surface area contributed by atoms with Gasteiger partial charge >= 0.3 is 0 Å². The molecule has 0 spiro atoms. The van der Waals surface area contributed by atoms with Crippen molar-refractivity contribution in [1.82, 2.24) is 4.90 Å². The van der Waals surface area contributed by atoms with Crippen LogP contribution in [-0.4, -0.2) is 35.0 Å². The Labute approximate surface area is 127 Å². The molecule has 22 heavy (non-hydrogen) atoms. The van der Waals surface area contributed by atoms with Crippen LogP contribution in [0.3, 0.4) is 0 Å². The molecule has 5 heteroatoms. The predicted molar refractivity (Wildman–Crippen MR) is 80.6 cm³/mol. The van der Waals surface area contributed by atoms with Crippen LogP contribution in [0.1, 0.15) is 32.4 Å². The molecule has 5 nitrogen and oxygen atoms in total. The molecule has 0 radical (unpaired) electrons. The number of amides is 2. The summed E-state index contributed by atoms with van der Waals surface area (Å²) in [5.74, 6) is -0.265. The van der Waals surface area contributed by atoms with Gasteiger partial charge in [0.25, 0.3) is 11.8 Å². The maximum absolute atomic E-state index is 12.8. The van der Waals surface area contributed by atoms with E-state index in [0.717, 1.165) is 5.56 Å². The van der Waals surface area contributed by atoms with E-state index in [-0.39, 0.29) is 25.0 Å². The van der Waals surface area contributed by atoms with Gasteiger partial charge in [-0.3, -0.25) is 14.5 Å². The van der Waals surface area contributed by atoms with Crippen molar-refractivity contribution in [3.05, 3.63) is 65.2 Å². The molecule has 1 N–H and O–H groups in total. The van der Waals surface area contributed by atoms with Gasteiger partial charge in [0, 0.05) is 17.7 Å². The molecule has 0 aliphatic carbocycles. The Morgan fingerprint density at radius 2 is 1.59 bits per heavy atom. The average Bonchev–Trinajstić information content (AvgIpc) is 2.85. The molecular formula is C17H14N2O3. The summed E-state index contributed by atoms with van der Waals surface area (Å²) in [4.78, 5) is 28.7. The fourth-order valence-corrected chi connectivity index (χ4v) is 3.31. The summed E-state index contributed by atoms with van der Waals surface area (Å²) in [6, 6.07) is 14.4. The van der Waals surface area contributed by atoms with Crippen LogP contribution in [0.2, 0.25) is 0 Å². The Morgan fingerprint density at radius 3 is 2.36 bits per heavy atom. The number of β-amino-alcohol motifs (C(OH)–C–C–N with tert-alkyl or cyclic N) is 1. The van der Waals surface area contributed by atoms with Gasteiger partial charge in [-0.15, -0.1) is 0 Å². The molecule has 2 amide bonds. The summed E-state index contributed by atoms with van der Waals surface area (Å²) in [5.41, 5.74) is 2.55. The second kappa shape index (κ2) is 4.68. The molecular weight excluding hydrogens is 280 g/mol. The van der Waals surface area contributed by atoms with E-state index in [1.807, 2.05) is 24.3 Å². The number of hydrogen-bond acceptors (Lipinski definition) is 3. The highest BCUT2D eigenvalue weighted by Crippen LogP contribution is 2.44. The van der Waals surface area contributed by atoms with Gasteiger partial charge in [0.1, 0.15) is 6.17 Å². The highest BCUT2D eigenvalue weighted by molar-refractivity contribution is 6.16. The second-order valence-electron chi connectivity index (χ2n) is 5.38. The number of carbonyl (C=O) groups is 2. The number of benzene rings is 2. The van der Waals surface area contributed by atoms with Gasteiger partial charge in [-0.2, -0.15) is 0 Å². The number of aliphatic hydroxyl groups excluding tert-OH is 1. The summed E-state index contributed by atoms with van der Waals surface area (Å²) >= 11 is 0. The standard InChI is InChI=1S/C17H14N2O3/c20-10-9-18-15-11-5-1-2-6-12(11)17(22)19(15)14-8-4-3-7-13(14)16(18)21/h1-8,15,20H,9-10H2. The van der Waals surface area contributed by atoms with Gasteiger partial charge < -0.3 is 10.0 Å². The fraction of sp³-hybridized carbons (Fsp3) is 0.176. The summed E-state index contributed by atoms with van der Waals surface area (Å²) < 4.78 is 0. The van der Waals surface area contributed by atoms with Crippen LogP contribution in [0.5, 0.6) is 0 Å². The molecule has 1 unspecified atom stereocenters. The Kier molecular flexibility index (Phi) is 2.77. The van der Waals surface area contributed by atoms with Crippen molar-refractivity contribution in [3.63, 3.8) is 0 Å². The first-order chi connectivity index (χ1) is 10.7. The van der Waals surface area contributed by atoms with Crippen molar-refractivity contribution in [2.45, 2.75) is 6.17 Å². The van der Waals surface area contributed by atoms with Crippen molar-refractivity contribution in [3.8, 4) is 0 Å². The first-order valence-electron chi connectivity index (χ1n) is 7.17. The highest BCUT2D eigenvalue weighted by atomic mass is 16.3. The number of hydrogen-bond donors (Lipinski definition) is 1. The smallest absolute Gasteiger partial charge is 0.260 e. The second-order valence-corrected chi connectivity index (χ2v) is 5.38. The van der Waals surface area contributed by atoms with Crippen molar-refractivity contribution in [2.75, 3.05) is 18.1 Å². The lowest BCUT2D eigenvalue weighted by atomic mass is 10.0. The zero-order chi connectivity index (χ0) is 15.3. The SMILES string of the molecule is O=C1c2ccccc2N2C(=O)c3ccccc3C2N1CCO. The first kappa shape index (κ1) is 13.0. The van der Waals surface area contributed by atoms with E-state index in [4.69, 9.17) is 0 Å². The van der Waals surface area contributed by atoms with E-state index >= 15 is 0 Å². The van der Waals surface area contributed by atoms with E-state index < -0.39 is 6.17 Å². The molecule has 110 valence electrons. The van der Waals surface area contributed by atoms with Gasteiger partial charge in [-0.25, -0.2) is 0 Å². The maximum Gasteiger partial charge on any atom is 0.260 e. The zero-order valence-corrected chi connectivity index (χ0v) is 11.8. The highest BCUT2D eigenvalue weighted by Gasteiger charge is 2.47. The maximum atomic E-state index is 12.8. The third kappa shape index (κ3) is 1.57. The van der Waals surface area contributed by atoms with Crippen LogP contribution in [0.4, 0.5) is 5.69 Å². The van der Waals surface area contributed by atoms with Crippen LogP contribution in [-0.2, 0) is 0 Å². The Hall–Kier alpha value is -2.66. The third-order valence-electron chi connectivity index (χ3n) is 4.22. The number of para-hydroxylation sites is 1. The van der Waals surface area contributed by atoms with Crippen molar-refractivity contribution >= 4 is 17.5 Å². The lowest BCUT2D eigenvalue weighted by molar-refractivity contribution is 0.0603. The normalized spacial score (nSPS) is 19.0. The van der Waals surface area contributed by atoms with E-state index in [1.54, 1.807) is 34.1 Å². The van der Waals surface area contributed by atoms with Crippen molar-refractivity contribution in [2.24, 2.45) is 0 Å². The fourth-order valence-electron chi connectivity index (χ4n) is 3.31. The molecule has 2 aliphatic heterocycles. The molecule has 0 bridgehead atoms. The largest absolute Gasteiger partial charge is 0.395 e. The Balaban J connectivity index is 1.97. The molecule has 1 atom stereocenters. The summed E-state index contributed by atoms with van der Waals surface area (Å²) in [6.45, 7) is 0.0462. The molecule has 2 aromatic rings. The van der Waals surface area contributed by atoms with E-state index in [0.29, 0.717) is 16.8 Å². The molecule has 0 saturated heterocycles. The predicted octanol–water partition coefficient (Wildman–Crippen LogP) is 1.79. The van der Waals surface area contributed by atoms with Crippen LogP contribution in [0, 0.1) is 0 Å². The van der Waals surface area contributed by atoms with Crippen LogP contribution < -0.4 is 4.90 Å². The van der Waals surface area contributed by atoms with E-state index in [9.17, 15) is 14.7 Å². The van der Waals surface area contributed by atoms with Crippen LogP contribution in [0.25, 0.3) is 0 Å². The van der Waals surface area contributed by atoms with Gasteiger partial charge in [0.2, 0.25) is 0 Å². The first-order valence-corrected chi connectivity index (χ1v) is 7.17. The zero-order valence-electron chi connectivity index (χ0n) is 11.8. The van der Waals surface area contributed by atoms with Gasteiger partial charge in [0.05, 0.1) is 17.9 Å². The number of aliphatic hydroxyl groups is 1. The average molecular weight is 294 g/mol. The number of carbonyl (C=O) groups excluding carboxylic acids is 2. The monoisotopic (exact) mass is 294 g/mol. The van der Waals surface area contributed by atoms with E-state index in [1.165, 1.54) is 0 Å². The quantitative estimate of drug-likeness (QED) is 0.918. The number of fused-ring (bicyclic) bond motifs is 5. The van der Waals surface area contributed by atoms with Crippen molar-refractivity contribution < 1.29 is 14.7 Å². The van der Waals surface area contributed by atoms with Gasteiger partial charge in [-0.05, 0) is 18.2 Å². The number of rotatable bonds is 2. The van der Waals surface area contributed by atoms with E-state index in [2.05, 4.69) is 0 Å². The van der Waals surface area contributed by atoms with Gasteiger partial charge in [-0.1, -0.05) is 30.3 Å². The number of nitrogens with zero attached hydrogens (tertiary/aromatic N) is 2. The minimum Gasteiger partial charge on any atom is -0.395 e. The molecule has 0 saturated carbocycles. The molecule has 2 aliphatic rings. The lowest BCUT2D eigenvalue weighted by Crippen LogP contribution is -2.49. The van der Waals surface area contributed by atoms with Crippen LogP contribution in [0.15, 0.2) is 48.5 Å². The third-order valence-corrected chi connectivity index (χ3v) is 4.22. The molecule has 2 aromatic carbocycles. The molecule has 4 rings (SSSR count). The molecule has 2 heterocycles. The molecule has 0 aromatic heterocycles. The topological polar surface area (TPSA) is 60.9 Å². The minimum absolute atomic E-state index is 0.108. The van der Waals surface area contributed by atoms with Gasteiger partial charge in [0.15, 0.2) is 0 Å². The summed E-state index contributed by atoms with van der Waals surface area (Å²) in [7, 11) is 0. The number of anilines is 1. The lowest BCUT2D eigenvalue weighted by Gasteiger charge is -2.40. The minimum atomic E-state index is -0.474. The van der Waals surface area contributed by atoms with Crippen molar-refractivity contribution in [1.29, 1.82) is 0 Å².